The highest BCUT2D eigenvalue weighted by atomic mass is 79.9. The number of ketones is 1. The van der Waals surface area contributed by atoms with Crippen molar-refractivity contribution in [1.29, 1.82) is 0 Å². The molecule has 7 nitrogen and oxygen atoms in total. The molecule has 0 aliphatic carbocycles. The van der Waals surface area contributed by atoms with Gasteiger partial charge in [-0.15, -0.1) is 0 Å². The Morgan fingerprint density at radius 3 is 2.58 bits per heavy atom. The van der Waals surface area contributed by atoms with E-state index in [2.05, 4.69) is 27.8 Å². The zero-order valence-corrected chi connectivity index (χ0v) is 22.1. The minimum absolute atomic E-state index is 0.0690. The van der Waals surface area contributed by atoms with Crippen LogP contribution in [0.5, 0.6) is 5.75 Å². The smallest absolute Gasteiger partial charge is 0.253 e. The molecule has 0 unspecified atom stereocenters. The molecule has 0 bridgehead atoms. The van der Waals surface area contributed by atoms with Gasteiger partial charge in [0, 0.05) is 47.0 Å². The van der Waals surface area contributed by atoms with E-state index in [1.54, 1.807) is 11.1 Å². The molecule has 2 aromatic carbocycles. The van der Waals surface area contributed by atoms with Gasteiger partial charge >= 0.3 is 0 Å². The normalized spacial score (nSPS) is 13.4. The number of para-hydroxylation sites is 1. The van der Waals surface area contributed by atoms with Crippen LogP contribution in [-0.4, -0.2) is 53.3 Å². The second-order valence-corrected chi connectivity index (χ2v) is 10.1. The standard InChI is InChI=1S/C28H30BrN3O4/c1-4-26(34)32-14-20(15-32)12-22(33)16-31-17-24(23-13-21(29)8-9-25(23)31)28(35)30-10-11-36-27-18(2)6-5-7-19(27)3/h4-9,13,17,20H,1,10-12,14-16H2,2-3H3,(H,30,35). The largest absolute Gasteiger partial charge is 0.491 e. The molecule has 1 aromatic heterocycles. The predicted octanol–water partition coefficient (Wildman–Crippen LogP) is 4.43. The van der Waals surface area contributed by atoms with Gasteiger partial charge in [0.25, 0.3) is 5.91 Å². The maximum absolute atomic E-state index is 13.1. The number of likely N-dealkylation sites (tertiary alicyclic amines) is 1. The number of ether oxygens (including phenoxy) is 1. The van der Waals surface area contributed by atoms with Crippen molar-refractivity contribution < 1.29 is 19.1 Å². The summed E-state index contributed by atoms with van der Waals surface area (Å²) >= 11 is 3.48. The molecule has 3 aromatic rings. The van der Waals surface area contributed by atoms with Crippen molar-refractivity contribution in [2.24, 2.45) is 5.92 Å². The molecule has 1 fully saturated rings. The molecular weight excluding hydrogens is 522 g/mol. The minimum Gasteiger partial charge on any atom is -0.491 e. The number of aromatic nitrogens is 1. The maximum atomic E-state index is 13.1. The van der Waals surface area contributed by atoms with Crippen molar-refractivity contribution in [2.45, 2.75) is 26.8 Å². The number of halogens is 1. The van der Waals surface area contributed by atoms with Crippen LogP contribution in [0.25, 0.3) is 10.9 Å². The fourth-order valence-electron chi connectivity index (χ4n) is 4.61. The molecule has 188 valence electrons. The van der Waals surface area contributed by atoms with Crippen LogP contribution < -0.4 is 10.1 Å². The second kappa shape index (κ2) is 11.1. The Morgan fingerprint density at radius 2 is 1.89 bits per heavy atom. The molecule has 0 atom stereocenters. The minimum atomic E-state index is -0.216. The summed E-state index contributed by atoms with van der Waals surface area (Å²) in [4.78, 5) is 39.1. The van der Waals surface area contributed by atoms with Crippen LogP contribution in [0, 0.1) is 19.8 Å². The van der Waals surface area contributed by atoms with Gasteiger partial charge in [0.15, 0.2) is 5.78 Å². The first kappa shape index (κ1) is 25.7. The van der Waals surface area contributed by atoms with E-state index < -0.39 is 0 Å². The van der Waals surface area contributed by atoms with Crippen LogP contribution >= 0.6 is 15.9 Å². The van der Waals surface area contributed by atoms with Crippen molar-refractivity contribution in [2.75, 3.05) is 26.2 Å². The summed E-state index contributed by atoms with van der Waals surface area (Å²) < 4.78 is 8.58. The number of carbonyl (C=O) groups is 3. The van der Waals surface area contributed by atoms with Crippen molar-refractivity contribution in [3.05, 3.63) is 76.4 Å². The Hall–Kier alpha value is -3.39. The van der Waals surface area contributed by atoms with E-state index in [-0.39, 0.29) is 30.1 Å². The molecule has 2 amide bonds. The van der Waals surface area contributed by atoms with Crippen LogP contribution in [0.15, 0.2) is 59.7 Å². The average molecular weight is 552 g/mol. The zero-order chi connectivity index (χ0) is 25.8. The highest BCUT2D eigenvalue weighted by molar-refractivity contribution is 9.10. The first-order valence-corrected chi connectivity index (χ1v) is 12.7. The van der Waals surface area contributed by atoms with Crippen molar-refractivity contribution in [1.82, 2.24) is 14.8 Å². The van der Waals surface area contributed by atoms with Gasteiger partial charge in [0.2, 0.25) is 5.91 Å². The number of Topliss-reactive ketones (excluding diaryl/α,β-unsaturated/α-hetero) is 1. The number of rotatable bonds is 10. The Morgan fingerprint density at radius 1 is 1.17 bits per heavy atom. The quantitative estimate of drug-likeness (QED) is 0.298. The maximum Gasteiger partial charge on any atom is 0.253 e. The summed E-state index contributed by atoms with van der Waals surface area (Å²) in [6, 6.07) is 11.7. The number of fused-ring (bicyclic) bond motifs is 1. The molecular formula is C28H30BrN3O4. The third-order valence-electron chi connectivity index (χ3n) is 6.44. The summed E-state index contributed by atoms with van der Waals surface area (Å²) in [5.41, 5.74) is 3.44. The number of carbonyl (C=O) groups excluding carboxylic acids is 3. The molecule has 0 radical (unpaired) electrons. The van der Waals surface area contributed by atoms with Crippen LogP contribution in [0.3, 0.4) is 0 Å². The molecule has 4 rings (SSSR count). The van der Waals surface area contributed by atoms with Gasteiger partial charge in [0.05, 0.1) is 18.7 Å². The highest BCUT2D eigenvalue weighted by Crippen LogP contribution is 2.27. The number of hydrogen-bond acceptors (Lipinski definition) is 4. The van der Waals surface area contributed by atoms with Gasteiger partial charge in [-0.05, 0) is 49.2 Å². The average Bonchev–Trinajstić information content (AvgIpc) is 3.16. The lowest BCUT2D eigenvalue weighted by molar-refractivity contribution is -0.134. The van der Waals surface area contributed by atoms with E-state index in [4.69, 9.17) is 4.74 Å². The number of hydrogen-bond donors (Lipinski definition) is 1. The predicted molar refractivity (Wildman–Crippen MR) is 143 cm³/mol. The summed E-state index contributed by atoms with van der Waals surface area (Å²) in [6.07, 6.45) is 3.43. The second-order valence-electron chi connectivity index (χ2n) is 9.21. The molecule has 1 aliphatic heterocycles. The Bertz CT molecular complexity index is 1300. The monoisotopic (exact) mass is 551 g/mol. The van der Waals surface area contributed by atoms with E-state index in [9.17, 15) is 14.4 Å². The molecule has 0 saturated carbocycles. The summed E-state index contributed by atoms with van der Waals surface area (Å²) in [5.74, 6) is 0.758. The Balaban J connectivity index is 1.39. The van der Waals surface area contributed by atoms with E-state index in [0.29, 0.717) is 38.2 Å². The zero-order valence-electron chi connectivity index (χ0n) is 20.6. The molecule has 1 aliphatic rings. The van der Waals surface area contributed by atoms with Crippen LogP contribution in [0.2, 0.25) is 0 Å². The van der Waals surface area contributed by atoms with Crippen molar-refractivity contribution in [3.63, 3.8) is 0 Å². The fraction of sp³-hybridized carbons (Fsp3) is 0.321. The third-order valence-corrected chi connectivity index (χ3v) is 6.93. The fourth-order valence-corrected chi connectivity index (χ4v) is 4.97. The number of nitrogens with one attached hydrogen (secondary N) is 1. The van der Waals surface area contributed by atoms with Gasteiger partial charge < -0.3 is 19.5 Å². The lowest BCUT2D eigenvalue weighted by atomic mass is 9.94. The molecule has 1 saturated heterocycles. The number of nitrogens with zero attached hydrogens (tertiary/aromatic N) is 2. The summed E-state index contributed by atoms with van der Waals surface area (Å²) in [6.45, 7) is 9.53. The van der Waals surface area contributed by atoms with Crippen LogP contribution in [-0.2, 0) is 16.1 Å². The Kier molecular flexibility index (Phi) is 7.94. The third kappa shape index (κ3) is 5.70. The molecule has 2 heterocycles. The van der Waals surface area contributed by atoms with E-state index >= 15 is 0 Å². The Labute approximate surface area is 219 Å². The van der Waals surface area contributed by atoms with Crippen molar-refractivity contribution >= 4 is 44.4 Å². The van der Waals surface area contributed by atoms with Crippen LogP contribution in [0.1, 0.15) is 27.9 Å². The van der Waals surface area contributed by atoms with E-state index in [1.807, 2.05) is 54.8 Å². The number of benzene rings is 2. The van der Waals surface area contributed by atoms with Gasteiger partial charge in [0.1, 0.15) is 12.4 Å². The molecule has 0 spiro atoms. The SMILES string of the molecule is C=CC(=O)N1CC(CC(=O)Cn2cc(C(=O)NCCOc3c(C)cccc3C)c3cc(Br)ccc32)C1. The first-order chi connectivity index (χ1) is 17.3. The summed E-state index contributed by atoms with van der Waals surface area (Å²) in [5, 5.41) is 3.71. The lowest BCUT2D eigenvalue weighted by Gasteiger charge is -2.38. The topological polar surface area (TPSA) is 80.6 Å². The molecule has 36 heavy (non-hydrogen) atoms. The molecule has 8 heteroatoms. The van der Waals surface area contributed by atoms with Gasteiger partial charge in [-0.25, -0.2) is 0 Å². The van der Waals surface area contributed by atoms with Gasteiger partial charge in [-0.1, -0.05) is 40.7 Å². The van der Waals surface area contributed by atoms with Crippen molar-refractivity contribution in [3.8, 4) is 5.75 Å². The molecule has 1 N–H and O–H groups in total. The summed E-state index contributed by atoms with van der Waals surface area (Å²) in [7, 11) is 0. The van der Waals surface area contributed by atoms with Gasteiger partial charge in [-0.2, -0.15) is 0 Å². The number of amides is 2. The van der Waals surface area contributed by atoms with E-state index in [0.717, 1.165) is 32.3 Å². The van der Waals surface area contributed by atoms with E-state index in [1.165, 1.54) is 6.08 Å². The first-order valence-electron chi connectivity index (χ1n) is 12.0. The van der Waals surface area contributed by atoms with Gasteiger partial charge in [-0.3, -0.25) is 14.4 Å². The number of aryl methyl sites for hydroxylation is 2. The lowest BCUT2D eigenvalue weighted by Crippen LogP contribution is -2.50. The highest BCUT2D eigenvalue weighted by Gasteiger charge is 2.31. The van der Waals surface area contributed by atoms with Crippen LogP contribution in [0.4, 0.5) is 0 Å².